The summed E-state index contributed by atoms with van der Waals surface area (Å²) in [6, 6.07) is 1.78. The van der Waals surface area contributed by atoms with Crippen LogP contribution in [0.1, 0.15) is 19.0 Å². The van der Waals surface area contributed by atoms with Gasteiger partial charge in [0.1, 0.15) is 12.1 Å². The molecule has 0 aliphatic rings. The predicted molar refractivity (Wildman–Crippen MR) is 63.7 cm³/mol. The van der Waals surface area contributed by atoms with Gasteiger partial charge in [-0.3, -0.25) is 0 Å². The van der Waals surface area contributed by atoms with E-state index in [4.69, 9.17) is 4.74 Å². The Labute approximate surface area is 99.5 Å². The van der Waals surface area contributed by atoms with Crippen molar-refractivity contribution in [2.75, 3.05) is 11.9 Å². The SMILES string of the molecule is CCCOc1cc(NCc2cnc[nH]2)ncn1. The first-order valence-corrected chi connectivity index (χ1v) is 5.54. The van der Waals surface area contributed by atoms with E-state index in [1.165, 1.54) is 6.33 Å². The third-order valence-electron chi connectivity index (χ3n) is 2.11. The standard InChI is InChI=1S/C11H15N5O/c1-2-3-17-11-4-10(15-8-16-11)13-6-9-5-12-7-14-9/h4-5,7-8H,2-3,6H2,1H3,(H,12,14)(H,13,15,16). The summed E-state index contributed by atoms with van der Waals surface area (Å²) in [6.45, 7) is 3.36. The van der Waals surface area contributed by atoms with Gasteiger partial charge in [-0.05, 0) is 6.42 Å². The summed E-state index contributed by atoms with van der Waals surface area (Å²) in [5, 5.41) is 3.16. The van der Waals surface area contributed by atoms with Crippen LogP contribution in [0.5, 0.6) is 5.88 Å². The number of anilines is 1. The molecule has 6 heteroatoms. The summed E-state index contributed by atoms with van der Waals surface area (Å²) in [6.07, 6.45) is 5.86. The Morgan fingerprint density at radius 3 is 3.12 bits per heavy atom. The van der Waals surface area contributed by atoms with Crippen molar-refractivity contribution in [3.63, 3.8) is 0 Å². The van der Waals surface area contributed by atoms with Crippen LogP contribution in [0.4, 0.5) is 5.82 Å². The molecule has 90 valence electrons. The summed E-state index contributed by atoms with van der Waals surface area (Å²) in [5.41, 5.74) is 1.000. The first-order valence-electron chi connectivity index (χ1n) is 5.54. The maximum Gasteiger partial charge on any atom is 0.218 e. The van der Waals surface area contributed by atoms with Crippen molar-refractivity contribution < 1.29 is 4.74 Å². The molecule has 2 rings (SSSR count). The van der Waals surface area contributed by atoms with Gasteiger partial charge >= 0.3 is 0 Å². The fourth-order valence-corrected chi connectivity index (χ4v) is 1.29. The van der Waals surface area contributed by atoms with Crippen LogP contribution in [-0.2, 0) is 6.54 Å². The molecule has 0 saturated heterocycles. The molecule has 2 aromatic rings. The maximum atomic E-state index is 5.42. The summed E-state index contributed by atoms with van der Waals surface area (Å²) in [7, 11) is 0. The van der Waals surface area contributed by atoms with Crippen LogP contribution in [0.15, 0.2) is 24.9 Å². The minimum atomic E-state index is 0.592. The average molecular weight is 233 g/mol. The molecule has 2 N–H and O–H groups in total. The molecule has 0 bridgehead atoms. The van der Waals surface area contributed by atoms with Gasteiger partial charge in [0.05, 0.1) is 25.2 Å². The lowest BCUT2D eigenvalue weighted by Crippen LogP contribution is -2.03. The molecule has 6 nitrogen and oxygen atoms in total. The number of imidazole rings is 1. The summed E-state index contributed by atoms with van der Waals surface area (Å²) in [4.78, 5) is 15.1. The van der Waals surface area contributed by atoms with E-state index in [1.54, 1.807) is 18.6 Å². The Morgan fingerprint density at radius 1 is 1.41 bits per heavy atom. The zero-order valence-electron chi connectivity index (χ0n) is 9.68. The van der Waals surface area contributed by atoms with Gasteiger partial charge < -0.3 is 15.0 Å². The molecular formula is C11H15N5O. The molecule has 0 radical (unpaired) electrons. The molecule has 17 heavy (non-hydrogen) atoms. The van der Waals surface area contributed by atoms with Crippen LogP contribution in [0, 0.1) is 0 Å². The molecule has 0 unspecified atom stereocenters. The first-order chi connectivity index (χ1) is 8.38. The number of nitrogens with zero attached hydrogens (tertiary/aromatic N) is 3. The highest BCUT2D eigenvalue weighted by Crippen LogP contribution is 2.11. The van der Waals surface area contributed by atoms with Gasteiger partial charge in [-0.1, -0.05) is 6.92 Å². The lowest BCUT2D eigenvalue weighted by molar-refractivity contribution is 0.305. The van der Waals surface area contributed by atoms with Gasteiger partial charge in [-0.2, -0.15) is 0 Å². The highest BCUT2D eigenvalue weighted by Gasteiger charge is 2.00. The molecule has 0 amide bonds. The fourth-order valence-electron chi connectivity index (χ4n) is 1.29. The monoisotopic (exact) mass is 233 g/mol. The average Bonchev–Trinajstić information content (AvgIpc) is 2.87. The van der Waals surface area contributed by atoms with E-state index >= 15 is 0 Å². The van der Waals surface area contributed by atoms with Crippen molar-refractivity contribution in [1.82, 2.24) is 19.9 Å². The van der Waals surface area contributed by atoms with E-state index in [0.717, 1.165) is 17.9 Å². The second kappa shape index (κ2) is 5.83. The first kappa shape index (κ1) is 11.4. The third-order valence-corrected chi connectivity index (χ3v) is 2.11. The Kier molecular flexibility index (Phi) is 3.90. The van der Waals surface area contributed by atoms with Crippen LogP contribution in [-0.4, -0.2) is 26.5 Å². The molecule has 0 saturated carbocycles. The minimum Gasteiger partial charge on any atom is -0.478 e. The van der Waals surface area contributed by atoms with Crippen molar-refractivity contribution in [1.29, 1.82) is 0 Å². The van der Waals surface area contributed by atoms with E-state index in [0.29, 0.717) is 19.0 Å². The molecule has 0 aromatic carbocycles. The fraction of sp³-hybridized carbons (Fsp3) is 0.364. The number of H-pyrrole nitrogens is 1. The lowest BCUT2D eigenvalue weighted by Gasteiger charge is -2.06. The molecular weight excluding hydrogens is 218 g/mol. The third kappa shape index (κ3) is 3.44. The number of hydrogen-bond donors (Lipinski definition) is 2. The highest BCUT2D eigenvalue weighted by atomic mass is 16.5. The predicted octanol–water partition coefficient (Wildman–Crippen LogP) is 1.60. The van der Waals surface area contributed by atoms with Gasteiger partial charge in [-0.15, -0.1) is 0 Å². The van der Waals surface area contributed by atoms with Crippen LogP contribution in [0.2, 0.25) is 0 Å². The second-order valence-electron chi connectivity index (χ2n) is 3.52. The van der Waals surface area contributed by atoms with Crippen molar-refractivity contribution in [2.45, 2.75) is 19.9 Å². The van der Waals surface area contributed by atoms with Gasteiger partial charge in [0.15, 0.2) is 0 Å². The van der Waals surface area contributed by atoms with Crippen molar-refractivity contribution in [2.24, 2.45) is 0 Å². The van der Waals surface area contributed by atoms with Crippen LogP contribution in [0.25, 0.3) is 0 Å². The number of ether oxygens (including phenoxy) is 1. The van der Waals surface area contributed by atoms with Gasteiger partial charge in [0, 0.05) is 12.3 Å². The Bertz CT molecular complexity index is 443. The van der Waals surface area contributed by atoms with Crippen molar-refractivity contribution in [3.8, 4) is 5.88 Å². The van der Waals surface area contributed by atoms with E-state index in [9.17, 15) is 0 Å². The quantitative estimate of drug-likeness (QED) is 0.792. The summed E-state index contributed by atoms with van der Waals surface area (Å²) >= 11 is 0. The molecule has 2 heterocycles. The van der Waals surface area contributed by atoms with Crippen LogP contribution < -0.4 is 10.1 Å². The number of aromatic nitrogens is 4. The molecule has 0 fully saturated rings. The van der Waals surface area contributed by atoms with E-state index in [-0.39, 0.29) is 0 Å². The van der Waals surface area contributed by atoms with Gasteiger partial charge in [-0.25, -0.2) is 15.0 Å². The summed E-state index contributed by atoms with van der Waals surface area (Å²) in [5.74, 6) is 1.33. The van der Waals surface area contributed by atoms with Gasteiger partial charge in [0.2, 0.25) is 5.88 Å². The van der Waals surface area contributed by atoms with E-state index in [2.05, 4.69) is 32.2 Å². The molecule has 2 aromatic heterocycles. The second-order valence-corrected chi connectivity index (χ2v) is 3.52. The largest absolute Gasteiger partial charge is 0.478 e. The molecule has 0 aliphatic carbocycles. The van der Waals surface area contributed by atoms with Crippen LogP contribution in [0.3, 0.4) is 0 Å². The minimum absolute atomic E-state index is 0.592. The number of nitrogens with one attached hydrogen (secondary N) is 2. The summed E-state index contributed by atoms with van der Waals surface area (Å²) < 4.78 is 5.42. The topological polar surface area (TPSA) is 75.7 Å². The van der Waals surface area contributed by atoms with Crippen molar-refractivity contribution in [3.05, 3.63) is 30.6 Å². The zero-order valence-corrected chi connectivity index (χ0v) is 9.68. The normalized spacial score (nSPS) is 10.2. The van der Waals surface area contributed by atoms with Gasteiger partial charge in [0.25, 0.3) is 0 Å². The lowest BCUT2D eigenvalue weighted by atomic mass is 10.4. The van der Waals surface area contributed by atoms with E-state index < -0.39 is 0 Å². The molecule has 0 spiro atoms. The smallest absolute Gasteiger partial charge is 0.218 e. The number of hydrogen-bond acceptors (Lipinski definition) is 5. The van der Waals surface area contributed by atoms with Crippen molar-refractivity contribution >= 4 is 5.82 Å². The Hall–Kier alpha value is -2.11. The molecule has 0 atom stereocenters. The molecule has 0 aliphatic heterocycles. The van der Waals surface area contributed by atoms with Crippen LogP contribution >= 0.6 is 0 Å². The number of rotatable bonds is 6. The highest BCUT2D eigenvalue weighted by molar-refractivity contribution is 5.37. The number of aromatic amines is 1. The Morgan fingerprint density at radius 2 is 2.35 bits per heavy atom. The van der Waals surface area contributed by atoms with E-state index in [1.807, 2.05) is 0 Å². The maximum absolute atomic E-state index is 5.42. The Balaban J connectivity index is 1.91. The zero-order chi connectivity index (χ0) is 11.9.